The van der Waals surface area contributed by atoms with E-state index in [1.54, 1.807) is 0 Å². The summed E-state index contributed by atoms with van der Waals surface area (Å²) < 4.78 is 95.6. The standard InChI is InChI=1S/C8H15F3N2O9S2/c1-20-7-4(13-23(16,17)8(9,10)11)6(15)5(14)3(22-7)2-21-24(12,18)19/h3-7,13-15H,2H2,1H3,(H2,12,18,19)/t3-,4-,5-,6-,7+/m1/s1. The van der Waals surface area contributed by atoms with Crippen molar-refractivity contribution in [3.8, 4) is 0 Å². The van der Waals surface area contributed by atoms with E-state index in [1.165, 1.54) is 0 Å². The largest absolute Gasteiger partial charge is 0.511 e. The topological polar surface area (TPSA) is 174 Å². The third-order valence-electron chi connectivity index (χ3n) is 2.93. The van der Waals surface area contributed by atoms with E-state index >= 15 is 0 Å². The molecule has 0 aromatic rings. The highest BCUT2D eigenvalue weighted by Crippen LogP contribution is 2.27. The Labute approximate surface area is 134 Å². The molecule has 5 N–H and O–H groups in total. The van der Waals surface area contributed by atoms with Crippen molar-refractivity contribution < 1.29 is 53.9 Å². The van der Waals surface area contributed by atoms with Crippen molar-refractivity contribution in [1.29, 1.82) is 0 Å². The maximum Gasteiger partial charge on any atom is 0.511 e. The van der Waals surface area contributed by atoms with Crippen LogP contribution in [0, 0.1) is 0 Å². The van der Waals surface area contributed by atoms with Crippen LogP contribution in [0.4, 0.5) is 13.2 Å². The highest BCUT2D eigenvalue weighted by molar-refractivity contribution is 7.90. The van der Waals surface area contributed by atoms with Gasteiger partial charge in [0.1, 0.15) is 24.4 Å². The molecule has 1 aliphatic heterocycles. The average Bonchev–Trinajstić information content (AvgIpc) is 2.40. The highest BCUT2D eigenvalue weighted by atomic mass is 32.2. The minimum Gasteiger partial charge on any atom is -0.388 e. The Morgan fingerprint density at radius 3 is 2.17 bits per heavy atom. The minimum absolute atomic E-state index is 0.893. The van der Waals surface area contributed by atoms with Gasteiger partial charge in [-0.15, -0.1) is 0 Å². The second kappa shape index (κ2) is 7.34. The summed E-state index contributed by atoms with van der Waals surface area (Å²) in [5.41, 5.74) is -5.68. The molecule has 5 atom stereocenters. The number of aliphatic hydroxyl groups excluding tert-OH is 2. The van der Waals surface area contributed by atoms with Crippen molar-refractivity contribution in [2.24, 2.45) is 5.14 Å². The van der Waals surface area contributed by atoms with Gasteiger partial charge >= 0.3 is 25.8 Å². The van der Waals surface area contributed by atoms with Gasteiger partial charge in [-0.1, -0.05) is 0 Å². The van der Waals surface area contributed by atoms with Gasteiger partial charge in [-0.05, 0) is 0 Å². The Balaban J connectivity index is 2.95. The number of sulfonamides is 1. The van der Waals surface area contributed by atoms with Crippen LogP contribution in [0.25, 0.3) is 0 Å². The second-order valence-corrected chi connectivity index (χ2v) is 7.56. The molecular formula is C8H15F3N2O9S2. The number of rotatable bonds is 6. The monoisotopic (exact) mass is 404 g/mol. The normalized spacial score (nSPS) is 32.7. The van der Waals surface area contributed by atoms with Crippen LogP contribution in [0.1, 0.15) is 0 Å². The molecule has 1 heterocycles. The van der Waals surface area contributed by atoms with E-state index in [2.05, 4.69) is 14.1 Å². The summed E-state index contributed by atoms with van der Waals surface area (Å²) in [5, 5.41) is 24.1. The fourth-order valence-electron chi connectivity index (χ4n) is 1.80. The lowest BCUT2D eigenvalue weighted by atomic mass is 9.98. The van der Waals surface area contributed by atoms with Crippen molar-refractivity contribution in [1.82, 2.24) is 4.72 Å². The Bertz CT molecular complexity index is 636. The molecule has 0 radical (unpaired) electrons. The van der Waals surface area contributed by atoms with Crippen LogP contribution in [0.3, 0.4) is 0 Å². The molecule has 1 saturated heterocycles. The number of hydrogen-bond donors (Lipinski definition) is 4. The molecule has 24 heavy (non-hydrogen) atoms. The summed E-state index contributed by atoms with van der Waals surface area (Å²) in [6.45, 7) is -0.893. The predicted molar refractivity (Wildman–Crippen MR) is 68.6 cm³/mol. The SMILES string of the molecule is CO[C@H]1O[C@H](COS(N)(=O)=O)[C@@H](O)[C@H](O)[C@H]1NS(=O)(=O)C(F)(F)F. The van der Waals surface area contributed by atoms with Crippen molar-refractivity contribution in [2.45, 2.75) is 36.2 Å². The molecule has 0 aromatic carbocycles. The van der Waals surface area contributed by atoms with E-state index in [0.29, 0.717) is 0 Å². The number of aliphatic hydroxyl groups is 2. The third kappa shape index (κ3) is 5.20. The maximum atomic E-state index is 12.4. The fourth-order valence-corrected chi connectivity index (χ4v) is 2.87. The van der Waals surface area contributed by atoms with Crippen LogP contribution >= 0.6 is 0 Å². The summed E-state index contributed by atoms with van der Waals surface area (Å²) in [6, 6.07) is -2.03. The van der Waals surface area contributed by atoms with Gasteiger partial charge in [-0.25, -0.2) is 13.6 Å². The summed E-state index contributed by atoms with van der Waals surface area (Å²) in [7, 11) is -9.38. The molecular weight excluding hydrogens is 389 g/mol. The van der Waals surface area contributed by atoms with Gasteiger partial charge in [0, 0.05) is 7.11 Å². The Morgan fingerprint density at radius 1 is 1.21 bits per heavy atom. The molecule has 0 bridgehead atoms. The Morgan fingerprint density at radius 2 is 1.75 bits per heavy atom. The molecule has 0 saturated carbocycles. The van der Waals surface area contributed by atoms with Crippen LogP contribution in [0.2, 0.25) is 0 Å². The van der Waals surface area contributed by atoms with E-state index in [-0.39, 0.29) is 0 Å². The average molecular weight is 404 g/mol. The van der Waals surface area contributed by atoms with Crippen molar-refractivity contribution in [3.05, 3.63) is 0 Å². The smallest absolute Gasteiger partial charge is 0.388 e. The number of alkyl halides is 3. The van der Waals surface area contributed by atoms with Gasteiger partial charge in [0.25, 0.3) is 0 Å². The summed E-state index contributed by atoms with van der Waals surface area (Å²) in [6.07, 6.45) is -7.49. The molecule has 0 amide bonds. The summed E-state index contributed by atoms with van der Waals surface area (Å²) >= 11 is 0. The van der Waals surface area contributed by atoms with Crippen LogP contribution in [0.15, 0.2) is 0 Å². The molecule has 16 heteroatoms. The maximum absolute atomic E-state index is 12.4. The Hall–Kier alpha value is -0.590. The molecule has 0 unspecified atom stereocenters. The number of hydrogen-bond acceptors (Lipinski definition) is 9. The summed E-state index contributed by atoms with van der Waals surface area (Å²) in [4.78, 5) is 0. The van der Waals surface area contributed by atoms with Gasteiger partial charge < -0.3 is 19.7 Å². The first-order valence-corrected chi connectivity index (χ1v) is 8.95. The van der Waals surface area contributed by atoms with Gasteiger partial charge in [-0.3, -0.25) is 4.18 Å². The lowest BCUT2D eigenvalue weighted by Gasteiger charge is -2.41. The van der Waals surface area contributed by atoms with Crippen LogP contribution < -0.4 is 9.86 Å². The predicted octanol–water partition coefficient (Wildman–Crippen LogP) is -2.89. The third-order valence-corrected chi connectivity index (χ3v) is 4.58. The molecule has 1 fully saturated rings. The van der Waals surface area contributed by atoms with E-state index in [1.807, 2.05) is 0 Å². The van der Waals surface area contributed by atoms with E-state index in [4.69, 9.17) is 4.74 Å². The van der Waals surface area contributed by atoms with Gasteiger partial charge in [0.05, 0.1) is 6.61 Å². The van der Waals surface area contributed by atoms with Crippen molar-refractivity contribution in [3.63, 3.8) is 0 Å². The second-order valence-electron chi connectivity index (χ2n) is 4.63. The number of methoxy groups -OCH3 is 1. The highest BCUT2D eigenvalue weighted by Gasteiger charge is 2.52. The molecule has 144 valence electrons. The number of halogens is 3. The zero-order valence-corrected chi connectivity index (χ0v) is 13.5. The Kier molecular flexibility index (Phi) is 6.56. The lowest BCUT2D eigenvalue weighted by molar-refractivity contribution is -0.259. The van der Waals surface area contributed by atoms with Gasteiger partial charge in [-0.2, -0.15) is 26.3 Å². The number of nitrogens with one attached hydrogen (secondary N) is 1. The molecule has 0 aliphatic carbocycles. The zero-order chi connectivity index (χ0) is 18.9. The lowest BCUT2D eigenvalue weighted by Crippen LogP contribution is -2.65. The fraction of sp³-hybridized carbons (Fsp3) is 1.00. The first kappa shape index (κ1) is 21.5. The molecule has 0 aromatic heterocycles. The van der Waals surface area contributed by atoms with E-state index < -0.39 is 63.1 Å². The molecule has 0 spiro atoms. The summed E-state index contributed by atoms with van der Waals surface area (Å²) in [5.74, 6) is 0. The van der Waals surface area contributed by atoms with Crippen LogP contribution in [-0.4, -0.2) is 76.9 Å². The quantitative estimate of drug-likeness (QED) is 0.362. The van der Waals surface area contributed by atoms with Gasteiger partial charge in [0.15, 0.2) is 6.29 Å². The number of nitrogens with two attached hydrogens (primary N) is 1. The number of ether oxygens (including phenoxy) is 2. The zero-order valence-electron chi connectivity index (χ0n) is 11.9. The first-order valence-electron chi connectivity index (χ1n) is 5.99. The van der Waals surface area contributed by atoms with E-state index in [0.717, 1.165) is 11.8 Å². The first-order chi connectivity index (χ1) is 10.7. The molecule has 11 nitrogen and oxygen atoms in total. The molecule has 1 aliphatic rings. The molecule has 1 rings (SSSR count). The van der Waals surface area contributed by atoms with Crippen molar-refractivity contribution >= 4 is 20.3 Å². The van der Waals surface area contributed by atoms with E-state index in [9.17, 15) is 40.2 Å². The van der Waals surface area contributed by atoms with Gasteiger partial charge in [0.2, 0.25) is 0 Å². The van der Waals surface area contributed by atoms with Crippen LogP contribution in [-0.2, 0) is 34.0 Å². The van der Waals surface area contributed by atoms with Crippen molar-refractivity contribution in [2.75, 3.05) is 13.7 Å². The minimum atomic E-state index is -5.88. The van der Waals surface area contributed by atoms with Crippen LogP contribution in [0.5, 0.6) is 0 Å².